The molecule has 7 rings (SSSR count). The smallest absolute Gasteiger partial charge is 0.254 e. The summed E-state index contributed by atoms with van der Waals surface area (Å²) >= 11 is 1.54. The normalized spacial score (nSPS) is 34.7. The van der Waals surface area contributed by atoms with Crippen LogP contribution in [-0.2, 0) is 4.74 Å². The van der Waals surface area contributed by atoms with Crippen LogP contribution in [0.3, 0.4) is 0 Å². The summed E-state index contributed by atoms with van der Waals surface area (Å²) in [6.07, 6.45) is 14.8. The lowest BCUT2D eigenvalue weighted by Gasteiger charge is -2.47. The van der Waals surface area contributed by atoms with Crippen LogP contribution in [-0.4, -0.2) is 41.4 Å². The van der Waals surface area contributed by atoms with E-state index in [4.69, 9.17) is 9.73 Å². The molecule has 4 unspecified atom stereocenters. The predicted molar refractivity (Wildman–Crippen MR) is 157 cm³/mol. The van der Waals surface area contributed by atoms with Crippen molar-refractivity contribution in [1.29, 1.82) is 0 Å². The minimum absolute atomic E-state index is 0.0562. The summed E-state index contributed by atoms with van der Waals surface area (Å²) in [5, 5.41) is 0. The first-order chi connectivity index (χ1) is 18.8. The number of ether oxygens (including phenoxy) is 1. The Bertz CT molecular complexity index is 1280. The van der Waals surface area contributed by atoms with Crippen molar-refractivity contribution in [2.75, 3.05) is 6.61 Å². The number of rotatable bonds is 4. The molecule has 6 heteroatoms. The van der Waals surface area contributed by atoms with Gasteiger partial charge < -0.3 is 14.4 Å². The van der Waals surface area contributed by atoms with Crippen LogP contribution in [0.5, 0.6) is 0 Å². The van der Waals surface area contributed by atoms with Crippen LogP contribution in [0.15, 0.2) is 69.8 Å². The summed E-state index contributed by atoms with van der Waals surface area (Å²) < 4.78 is 10.3. The van der Waals surface area contributed by atoms with Gasteiger partial charge in [-0.05, 0) is 92.3 Å². The summed E-state index contributed by atoms with van der Waals surface area (Å²) in [6, 6.07) is 8.72. The SMILES string of the molecule is CC1=CC=C[C@H](C)C1C1C2C3=CC(=N[C@@H]21)NSc1cccc(c1)C(=O)N(C1CC2(CC2)C1)C(CC(C)C)CO3. The molecule has 39 heavy (non-hydrogen) atoms. The van der Waals surface area contributed by atoms with Gasteiger partial charge in [-0.25, -0.2) is 0 Å². The number of carbonyl (C=O) groups excluding carboxylic acids is 1. The van der Waals surface area contributed by atoms with Gasteiger partial charge in [0.15, 0.2) is 0 Å². The fourth-order valence-electron chi connectivity index (χ4n) is 7.89. The van der Waals surface area contributed by atoms with E-state index in [1.54, 1.807) is 0 Å². The number of dihydropyridines is 1. The highest BCUT2D eigenvalue weighted by atomic mass is 32.2. The Morgan fingerprint density at radius 3 is 2.79 bits per heavy atom. The molecule has 0 saturated heterocycles. The van der Waals surface area contributed by atoms with Crippen molar-refractivity contribution in [3.05, 3.63) is 65.5 Å². The number of nitrogens with zero attached hydrogens (tertiary/aromatic N) is 2. The van der Waals surface area contributed by atoms with Gasteiger partial charge in [0.2, 0.25) is 0 Å². The molecule has 5 nitrogen and oxygen atoms in total. The first-order valence-electron chi connectivity index (χ1n) is 14.9. The van der Waals surface area contributed by atoms with Gasteiger partial charge in [-0.2, -0.15) is 0 Å². The van der Waals surface area contributed by atoms with Gasteiger partial charge in [-0.1, -0.05) is 50.6 Å². The quantitative estimate of drug-likeness (QED) is 0.425. The van der Waals surface area contributed by atoms with E-state index in [0.29, 0.717) is 47.7 Å². The van der Waals surface area contributed by atoms with Crippen molar-refractivity contribution in [2.45, 2.75) is 82.8 Å². The van der Waals surface area contributed by atoms with E-state index in [2.05, 4.69) is 67.7 Å². The molecule has 4 bridgehead atoms. The molecule has 6 aliphatic rings. The molecule has 6 atom stereocenters. The number of amides is 1. The number of benzene rings is 1. The van der Waals surface area contributed by atoms with Crippen molar-refractivity contribution in [3.63, 3.8) is 0 Å². The second-order valence-electron chi connectivity index (χ2n) is 13.4. The molecule has 3 fully saturated rings. The molecule has 2 heterocycles. The zero-order valence-electron chi connectivity index (χ0n) is 23.6. The van der Waals surface area contributed by atoms with Crippen molar-refractivity contribution >= 4 is 23.7 Å². The third-order valence-corrected chi connectivity index (χ3v) is 10.9. The van der Waals surface area contributed by atoms with E-state index >= 15 is 0 Å². The first kappa shape index (κ1) is 25.5. The van der Waals surface area contributed by atoms with E-state index in [1.165, 1.54) is 30.4 Å². The number of aliphatic imine (C=N–C) groups is 1. The molecule has 1 aromatic rings. The molecule has 0 aromatic heterocycles. The van der Waals surface area contributed by atoms with Crippen molar-refractivity contribution < 1.29 is 9.53 Å². The second-order valence-corrected chi connectivity index (χ2v) is 14.3. The van der Waals surface area contributed by atoms with Gasteiger partial charge in [0, 0.05) is 34.4 Å². The molecule has 1 aromatic carbocycles. The van der Waals surface area contributed by atoms with Crippen LogP contribution >= 0.6 is 11.9 Å². The molecule has 1 spiro atoms. The van der Waals surface area contributed by atoms with Crippen LogP contribution in [0.25, 0.3) is 0 Å². The Morgan fingerprint density at radius 1 is 1.23 bits per heavy atom. The number of allylic oxidation sites excluding steroid dienone is 4. The maximum absolute atomic E-state index is 14.2. The molecule has 3 saturated carbocycles. The number of hydrogen-bond acceptors (Lipinski definition) is 5. The summed E-state index contributed by atoms with van der Waals surface area (Å²) in [6.45, 7) is 9.67. The fourth-order valence-corrected chi connectivity index (χ4v) is 8.55. The van der Waals surface area contributed by atoms with E-state index in [9.17, 15) is 4.79 Å². The number of carbonyl (C=O) groups is 1. The van der Waals surface area contributed by atoms with Crippen molar-refractivity contribution in [2.24, 2.45) is 40.0 Å². The van der Waals surface area contributed by atoms with Crippen LogP contribution in [0, 0.1) is 35.0 Å². The van der Waals surface area contributed by atoms with Crippen molar-refractivity contribution in [3.8, 4) is 0 Å². The summed E-state index contributed by atoms with van der Waals surface area (Å²) in [5.74, 6) is 4.32. The standard InChI is InChI=1S/C33H41N3O2S/c1-19(2)13-23-18-38-26-15-27(34-31-29(26)30(31)28-20(3)7-5-8-21(28)4)35-39-25-10-6-9-22(14-25)32(37)36(23)24-16-33(17-24)11-12-33/h5-10,14-15,19-20,23-24,28-31H,11-13,16-18H2,1-4H3,(H,34,35)/t20-,23?,28?,29?,30?,31-/m0/s1. The molecule has 4 aliphatic carbocycles. The number of amidine groups is 1. The van der Waals surface area contributed by atoms with Gasteiger partial charge in [-0.3, -0.25) is 9.79 Å². The number of hydrogen-bond donors (Lipinski definition) is 1. The average Bonchev–Trinajstić information content (AvgIpc) is 3.81. The first-order valence-corrected chi connectivity index (χ1v) is 15.8. The zero-order chi connectivity index (χ0) is 26.9. The topological polar surface area (TPSA) is 53.9 Å². The second kappa shape index (κ2) is 9.57. The highest BCUT2D eigenvalue weighted by molar-refractivity contribution is 7.98. The van der Waals surface area contributed by atoms with Gasteiger partial charge >= 0.3 is 0 Å². The lowest BCUT2D eigenvalue weighted by atomic mass is 9.75. The molecule has 1 amide bonds. The zero-order valence-corrected chi connectivity index (χ0v) is 24.4. The van der Waals surface area contributed by atoms with Gasteiger partial charge in [0.25, 0.3) is 5.91 Å². The lowest BCUT2D eigenvalue weighted by molar-refractivity contribution is 0.000839. The monoisotopic (exact) mass is 543 g/mol. The third-order valence-electron chi connectivity index (χ3n) is 10.1. The predicted octanol–water partition coefficient (Wildman–Crippen LogP) is 6.79. The van der Waals surface area contributed by atoms with E-state index in [1.807, 2.05) is 18.2 Å². The summed E-state index contributed by atoms with van der Waals surface area (Å²) in [7, 11) is 0. The van der Waals surface area contributed by atoms with Gasteiger partial charge in [-0.15, -0.1) is 0 Å². The Labute approximate surface area is 237 Å². The van der Waals surface area contributed by atoms with Crippen LogP contribution in [0.1, 0.15) is 70.2 Å². The molecular weight excluding hydrogens is 502 g/mol. The van der Waals surface area contributed by atoms with Gasteiger partial charge in [0.1, 0.15) is 18.2 Å². The van der Waals surface area contributed by atoms with Crippen LogP contribution in [0.2, 0.25) is 0 Å². The number of fused-ring (bicyclic) bond motifs is 5. The Kier molecular flexibility index (Phi) is 6.26. The summed E-state index contributed by atoms with van der Waals surface area (Å²) in [4.78, 5) is 22.6. The maximum atomic E-state index is 14.2. The van der Waals surface area contributed by atoms with E-state index < -0.39 is 0 Å². The lowest BCUT2D eigenvalue weighted by Crippen LogP contribution is -2.55. The summed E-state index contributed by atoms with van der Waals surface area (Å²) in [5.41, 5.74) is 2.75. The Hall–Kier alpha value is -2.47. The molecule has 0 radical (unpaired) electrons. The van der Waals surface area contributed by atoms with Gasteiger partial charge in [0.05, 0.1) is 12.1 Å². The van der Waals surface area contributed by atoms with Crippen LogP contribution < -0.4 is 4.72 Å². The maximum Gasteiger partial charge on any atom is 0.254 e. The minimum atomic E-state index is 0.0562. The highest BCUT2D eigenvalue weighted by Crippen LogP contribution is 2.62. The molecule has 206 valence electrons. The molecule has 2 aliphatic heterocycles. The number of nitrogens with one attached hydrogen (secondary N) is 1. The fraction of sp³-hybridized carbons (Fsp3) is 0.576. The van der Waals surface area contributed by atoms with Crippen LogP contribution in [0.4, 0.5) is 0 Å². The molecule has 1 N–H and O–H groups in total. The highest BCUT2D eigenvalue weighted by Gasteiger charge is 2.60. The van der Waals surface area contributed by atoms with E-state index in [0.717, 1.165) is 41.3 Å². The Morgan fingerprint density at radius 2 is 2.05 bits per heavy atom. The largest absolute Gasteiger partial charge is 0.495 e. The average molecular weight is 544 g/mol. The molecular formula is C33H41N3O2S. The minimum Gasteiger partial charge on any atom is -0.495 e. The third kappa shape index (κ3) is 4.67. The van der Waals surface area contributed by atoms with Crippen molar-refractivity contribution in [1.82, 2.24) is 9.62 Å². The Balaban J connectivity index is 1.23. The van der Waals surface area contributed by atoms with E-state index in [-0.39, 0.29) is 18.0 Å².